The number of nitrogens with one attached hydrogen (secondary N) is 2. The summed E-state index contributed by atoms with van der Waals surface area (Å²) in [6.45, 7) is 7.97. The quantitative estimate of drug-likeness (QED) is 0.254. The molecular weight excluding hydrogens is 596 g/mol. The lowest BCUT2D eigenvalue weighted by atomic mass is 9.71. The van der Waals surface area contributed by atoms with E-state index in [0.29, 0.717) is 18.0 Å². The Morgan fingerprint density at radius 2 is 1.86 bits per heavy atom. The van der Waals surface area contributed by atoms with Crippen LogP contribution in [0.3, 0.4) is 0 Å². The van der Waals surface area contributed by atoms with Crippen LogP contribution in [0, 0.1) is 6.92 Å². The maximum atomic E-state index is 13.0. The Morgan fingerprint density at radius 1 is 1.11 bits per heavy atom. The van der Waals surface area contributed by atoms with Gasteiger partial charge in [0.1, 0.15) is 10.7 Å². The Bertz CT molecular complexity index is 1620. The fraction of sp³-hybridized carbons (Fsp3) is 0.485. The number of aromatic nitrogens is 3. The van der Waals surface area contributed by atoms with E-state index in [2.05, 4.69) is 46.9 Å². The molecule has 2 aromatic heterocycles. The molecule has 0 aliphatic heterocycles. The molecule has 2 aliphatic rings. The van der Waals surface area contributed by atoms with Gasteiger partial charge in [-0.3, -0.25) is 4.72 Å². The summed E-state index contributed by atoms with van der Waals surface area (Å²) in [4.78, 5) is 16.8. The predicted octanol–water partition coefficient (Wildman–Crippen LogP) is 6.24. The Kier molecular flexibility index (Phi) is 9.94. The van der Waals surface area contributed by atoms with Gasteiger partial charge in [-0.05, 0) is 87.4 Å². The summed E-state index contributed by atoms with van der Waals surface area (Å²) >= 11 is 6.14. The van der Waals surface area contributed by atoms with Gasteiger partial charge in [0.2, 0.25) is 5.95 Å². The number of aryl methyl sites for hydroxylation is 1. The lowest BCUT2D eigenvalue weighted by molar-refractivity contribution is 0.121. The van der Waals surface area contributed by atoms with Crippen molar-refractivity contribution in [3.8, 4) is 0 Å². The number of anilines is 2. The number of rotatable bonds is 11. The Balaban J connectivity index is 1.30. The lowest BCUT2D eigenvalue weighted by Crippen LogP contribution is -2.39. The number of likely N-dealkylation sites (N-methyl/N-ethyl adjacent to an activating group) is 1. The van der Waals surface area contributed by atoms with Crippen molar-refractivity contribution < 1.29 is 13.2 Å². The van der Waals surface area contributed by atoms with Crippen molar-refractivity contribution in [2.75, 3.05) is 37.3 Å². The zero-order valence-electron chi connectivity index (χ0n) is 26.2. The van der Waals surface area contributed by atoms with Crippen molar-refractivity contribution in [1.29, 1.82) is 0 Å². The summed E-state index contributed by atoms with van der Waals surface area (Å²) in [6.07, 6.45) is 10.3. The highest BCUT2D eigenvalue weighted by Crippen LogP contribution is 2.41. The highest BCUT2D eigenvalue weighted by atomic mass is 35.5. The molecule has 0 bridgehead atoms. The zero-order valence-corrected chi connectivity index (χ0v) is 27.8. The molecule has 236 valence electrons. The van der Waals surface area contributed by atoms with Crippen molar-refractivity contribution in [3.05, 3.63) is 76.2 Å². The van der Waals surface area contributed by atoms with Gasteiger partial charge < -0.3 is 15.0 Å². The molecule has 44 heavy (non-hydrogen) atoms. The normalized spacial score (nSPS) is 21.9. The first-order valence-corrected chi connectivity index (χ1v) is 17.2. The fourth-order valence-corrected chi connectivity index (χ4v) is 8.09. The Labute approximate surface area is 266 Å². The number of pyridine rings is 1. The average molecular weight is 639 g/mol. The Morgan fingerprint density at radius 3 is 2.55 bits per heavy atom. The summed E-state index contributed by atoms with van der Waals surface area (Å²) in [5.41, 5.74) is 4.72. The van der Waals surface area contributed by atoms with Crippen molar-refractivity contribution >= 4 is 39.0 Å². The van der Waals surface area contributed by atoms with E-state index in [-0.39, 0.29) is 21.2 Å². The second-order valence-electron chi connectivity index (χ2n) is 12.2. The van der Waals surface area contributed by atoms with Crippen molar-refractivity contribution in [2.24, 2.45) is 0 Å². The summed E-state index contributed by atoms with van der Waals surface area (Å²) < 4.78 is 33.7. The third-order valence-electron chi connectivity index (χ3n) is 8.97. The van der Waals surface area contributed by atoms with E-state index in [1.807, 2.05) is 19.2 Å². The number of allylic oxidation sites excluding steroid dienone is 2. The van der Waals surface area contributed by atoms with E-state index >= 15 is 0 Å². The van der Waals surface area contributed by atoms with Gasteiger partial charge in [0.15, 0.2) is 0 Å². The van der Waals surface area contributed by atoms with Gasteiger partial charge in [-0.2, -0.15) is 0 Å². The van der Waals surface area contributed by atoms with E-state index in [1.165, 1.54) is 11.6 Å². The molecule has 0 saturated heterocycles. The number of methoxy groups -OCH3 is 1. The molecule has 1 saturated carbocycles. The van der Waals surface area contributed by atoms with Gasteiger partial charge in [0, 0.05) is 43.0 Å². The van der Waals surface area contributed by atoms with Crippen LogP contribution >= 0.6 is 11.6 Å². The predicted molar refractivity (Wildman–Crippen MR) is 177 cm³/mol. The Hall–Kier alpha value is -3.05. The summed E-state index contributed by atoms with van der Waals surface area (Å²) in [5, 5.41) is 3.77. The van der Waals surface area contributed by atoms with Gasteiger partial charge in [-0.25, -0.2) is 23.4 Å². The molecule has 1 atom stereocenters. The van der Waals surface area contributed by atoms with Gasteiger partial charge in [-0.1, -0.05) is 49.7 Å². The number of nitrogens with zero attached hydrogens (tertiary/aromatic N) is 4. The van der Waals surface area contributed by atoms with Crippen LogP contribution in [0.5, 0.6) is 0 Å². The van der Waals surface area contributed by atoms with Crippen LogP contribution in [-0.4, -0.2) is 67.7 Å². The molecular formula is C33H43ClN6O3S. The molecule has 2 heterocycles. The minimum Gasteiger partial charge on any atom is -0.383 e. The third kappa shape index (κ3) is 7.09. The van der Waals surface area contributed by atoms with Crippen LogP contribution in [0.4, 0.5) is 11.8 Å². The number of hydrogen-bond acceptors (Lipinski definition) is 8. The summed E-state index contributed by atoms with van der Waals surface area (Å²) in [6, 6.07) is 11.0. The maximum absolute atomic E-state index is 13.0. The SMILES string of the molecule is CCC1=CC(C)(c2ccc(NS(=O)(=O)c3ccccc3Cl)nc2C)Cc2cnc(NC3CCC(N(C)CCOC)CC3)nc21. The minimum atomic E-state index is -3.88. The van der Waals surface area contributed by atoms with Crippen molar-refractivity contribution in [3.63, 3.8) is 0 Å². The van der Waals surface area contributed by atoms with Crippen molar-refractivity contribution in [1.82, 2.24) is 19.9 Å². The van der Waals surface area contributed by atoms with E-state index < -0.39 is 10.0 Å². The molecule has 2 aliphatic carbocycles. The van der Waals surface area contributed by atoms with E-state index in [1.54, 1.807) is 31.4 Å². The van der Waals surface area contributed by atoms with Gasteiger partial charge in [0.25, 0.3) is 10.0 Å². The van der Waals surface area contributed by atoms with E-state index in [9.17, 15) is 8.42 Å². The highest BCUT2D eigenvalue weighted by Gasteiger charge is 2.34. The first-order chi connectivity index (χ1) is 21.0. The van der Waals surface area contributed by atoms with Crippen LogP contribution < -0.4 is 10.0 Å². The van der Waals surface area contributed by atoms with Crippen LogP contribution in [0.1, 0.15) is 68.5 Å². The molecule has 0 amide bonds. The number of ether oxygens (including phenoxy) is 1. The zero-order chi connectivity index (χ0) is 31.5. The maximum Gasteiger partial charge on any atom is 0.264 e. The molecule has 2 N–H and O–H groups in total. The summed E-state index contributed by atoms with van der Waals surface area (Å²) in [7, 11) is 0.0608. The van der Waals surface area contributed by atoms with E-state index in [0.717, 1.165) is 74.2 Å². The molecule has 5 rings (SSSR count). The first-order valence-electron chi connectivity index (χ1n) is 15.3. The second-order valence-corrected chi connectivity index (χ2v) is 14.2. The first kappa shape index (κ1) is 32.3. The monoisotopic (exact) mass is 638 g/mol. The fourth-order valence-electron chi connectivity index (χ4n) is 6.56. The number of halogens is 1. The molecule has 1 unspecified atom stereocenters. The topological polar surface area (TPSA) is 109 Å². The largest absolute Gasteiger partial charge is 0.383 e. The number of hydrogen-bond donors (Lipinski definition) is 2. The highest BCUT2D eigenvalue weighted by molar-refractivity contribution is 7.92. The lowest BCUT2D eigenvalue weighted by Gasteiger charge is -2.35. The minimum absolute atomic E-state index is 0.0173. The molecule has 0 spiro atoms. The molecule has 3 aromatic rings. The molecule has 0 radical (unpaired) electrons. The molecule has 11 heteroatoms. The van der Waals surface area contributed by atoms with Crippen LogP contribution in [0.25, 0.3) is 5.57 Å². The number of sulfonamides is 1. The van der Waals surface area contributed by atoms with Crippen LogP contribution in [0.15, 0.2) is 53.6 Å². The van der Waals surface area contributed by atoms with Crippen LogP contribution in [0.2, 0.25) is 5.02 Å². The second kappa shape index (κ2) is 13.5. The molecule has 1 aromatic carbocycles. The summed E-state index contributed by atoms with van der Waals surface area (Å²) in [5.74, 6) is 0.941. The van der Waals surface area contributed by atoms with Crippen LogP contribution in [-0.2, 0) is 26.6 Å². The third-order valence-corrected chi connectivity index (χ3v) is 10.8. The standard InChI is InChI=1S/C33H43ClN6O3S/c1-6-23-19-33(3,27-15-16-30(36-22(27)2)39-44(41,42)29-10-8-7-9-28(29)34)20-24-21-35-32(38-31(23)24)37-25-11-13-26(14-12-25)40(4)17-18-43-5/h7-10,15-16,19,21,25-26H,6,11-14,17-18,20H2,1-5H3,(H,36,39)(H,35,37,38). The molecule has 1 fully saturated rings. The van der Waals surface area contributed by atoms with Gasteiger partial charge in [0.05, 0.1) is 17.3 Å². The van der Waals surface area contributed by atoms with E-state index in [4.69, 9.17) is 26.3 Å². The number of benzene rings is 1. The van der Waals surface area contributed by atoms with Gasteiger partial charge in [-0.15, -0.1) is 0 Å². The smallest absolute Gasteiger partial charge is 0.264 e. The van der Waals surface area contributed by atoms with Crippen molar-refractivity contribution in [2.45, 2.75) is 81.7 Å². The number of fused-ring (bicyclic) bond motifs is 1. The van der Waals surface area contributed by atoms with Gasteiger partial charge >= 0.3 is 0 Å². The average Bonchev–Trinajstić information content (AvgIpc) is 3.00. The molecule has 9 nitrogen and oxygen atoms in total.